The van der Waals surface area contributed by atoms with Gasteiger partial charge in [-0.15, -0.1) is 0 Å². The van der Waals surface area contributed by atoms with E-state index in [4.69, 9.17) is 10.5 Å². The van der Waals surface area contributed by atoms with Crippen LogP contribution in [0.4, 0.5) is 0 Å². The number of hydrogen-bond acceptors (Lipinski definition) is 4. The maximum absolute atomic E-state index is 11.4. The molecular formula is C11H23N3O2. The van der Waals surface area contributed by atoms with Crippen molar-refractivity contribution in [2.45, 2.75) is 18.9 Å². The average molecular weight is 229 g/mol. The van der Waals surface area contributed by atoms with Gasteiger partial charge in [0, 0.05) is 25.6 Å². The second-order valence-corrected chi connectivity index (χ2v) is 4.61. The SMILES string of the molecule is CN(C)CCNC(C(N)=O)C1CCCOC1. The number of primary amides is 1. The summed E-state index contributed by atoms with van der Waals surface area (Å²) >= 11 is 0. The molecule has 0 bridgehead atoms. The van der Waals surface area contributed by atoms with Crippen LogP contribution in [0.5, 0.6) is 0 Å². The minimum absolute atomic E-state index is 0.230. The first-order chi connectivity index (χ1) is 7.61. The van der Waals surface area contributed by atoms with Crippen LogP contribution in [-0.4, -0.2) is 57.2 Å². The molecule has 3 N–H and O–H groups in total. The van der Waals surface area contributed by atoms with Gasteiger partial charge in [0.1, 0.15) is 0 Å². The Kier molecular flexibility index (Phi) is 5.73. The van der Waals surface area contributed by atoms with Gasteiger partial charge in [-0.25, -0.2) is 0 Å². The Morgan fingerprint density at radius 3 is 2.88 bits per heavy atom. The quantitative estimate of drug-likeness (QED) is 0.639. The molecule has 0 radical (unpaired) electrons. The van der Waals surface area contributed by atoms with Crippen LogP contribution in [0.25, 0.3) is 0 Å². The Morgan fingerprint density at radius 1 is 1.62 bits per heavy atom. The van der Waals surface area contributed by atoms with Crippen LogP contribution < -0.4 is 11.1 Å². The molecule has 1 amide bonds. The Morgan fingerprint density at radius 2 is 2.38 bits per heavy atom. The average Bonchev–Trinajstić information content (AvgIpc) is 2.25. The van der Waals surface area contributed by atoms with Gasteiger partial charge < -0.3 is 20.7 Å². The van der Waals surface area contributed by atoms with Crippen molar-refractivity contribution in [3.63, 3.8) is 0 Å². The van der Waals surface area contributed by atoms with E-state index in [0.717, 1.165) is 32.5 Å². The number of hydrogen-bond donors (Lipinski definition) is 2. The highest BCUT2D eigenvalue weighted by Gasteiger charge is 2.27. The highest BCUT2D eigenvalue weighted by Crippen LogP contribution is 2.17. The van der Waals surface area contributed by atoms with Gasteiger partial charge in [-0.3, -0.25) is 4.79 Å². The Bertz CT molecular complexity index is 215. The lowest BCUT2D eigenvalue weighted by Gasteiger charge is -2.29. The first-order valence-electron chi connectivity index (χ1n) is 5.86. The molecule has 0 aromatic heterocycles. The number of likely N-dealkylation sites (N-methyl/N-ethyl adjacent to an activating group) is 1. The van der Waals surface area contributed by atoms with Gasteiger partial charge in [0.2, 0.25) is 5.91 Å². The molecule has 1 aliphatic rings. The summed E-state index contributed by atoms with van der Waals surface area (Å²) in [6.45, 7) is 3.12. The minimum Gasteiger partial charge on any atom is -0.381 e. The highest BCUT2D eigenvalue weighted by molar-refractivity contribution is 5.80. The van der Waals surface area contributed by atoms with E-state index < -0.39 is 0 Å². The van der Waals surface area contributed by atoms with E-state index >= 15 is 0 Å². The molecule has 0 aromatic carbocycles. The van der Waals surface area contributed by atoms with Crippen LogP contribution >= 0.6 is 0 Å². The lowest BCUT2D eigenvalue weighted by atomic mass is 9.93. The second-order valence-electron chi connectivity index (χ2n) is 4.61. The maximum Gasteiger partial charge on any atom is 0.234 e. The van der Waals surface area contributed by atoms with Gasteiger partial charge in [-0.2, -0.15) is 0 Å². The van der Waals surface area contributed by atoms with Gasteiger partial charge in [-0.1, -0.05) is 0 Å². The third-order valence-corrected chi connectivity index (χ3v) is 2.90. The predicted molar refractivity (Wildman–Crippen MR) is 63.1 cm³/mol. The molecule has 2 atom stereocenters. The largest absolute Gasteiger partial charge is 0.381 e. The lowest BCUT2D eigenvalue weighted by molar-refractivity contribution is -0.122. The fourth-order valence-electron chi connectivity index (χ4n) is 1.97. The van der Waals surface area contributed by atoms with Gasteiger partial charge in [0.25, 0.3) is 0 Å². The second kappa shape index (κ2) is 6.83. The highest BCUT2D eigenvalue weighted by atomic mass is 16.5. The van der Waals surface area contributed by atoms with Crippen molar-refractivity contribution >= 4 is 5.91 Å². The molecule has 5 nitrogen and oxygen atoms in total. The Hall–Kier alpha value is -0.650. The zero-order valence-corrected chi connectivity index (χ0v) is 10.2. The summed E-state index contributed by atoms with van der Waals surface area (Å²) < 4.78 is 5.38. The van der Waals surface area contributed by atoms with Gasteiger partial charge >= 0.3 is 0 Å². The number of amides is 1. The van der Waals surface area contributed by atoms with Crippen molar-refractivity contribution in [2.75, 3.05) is 40.4 Å². The van der Waals surface area contributed by atoms with Crippen molar-refractivity contribution in [3.8, 4) is 0 Å². The van der Waals surface area contributed by atoms with Crippen LogP contribution in [0, 0.1) is 5.92 Å². The maximum atomic E-state index is 11.4. The van der Waals surface area contributed by atoms with Crippen LogP contribution in [0.2, 0.25) is 0 Å². The van der Waals surface area contributed by atoms with Gasteiger partial charge in [0.05, 0.1) is 12.6 Å². The third-order valence-electron chi connectivity index (χ3n) is 2.90. The molecule has 16 heavy (non-hydrogen) atoms. The van der Waals surface area contributed by atoms with Crippen molar-refractivity contribution in [1.29, 1.82) is 0 Å². The summed E-state index contributed by atoms with van der Waals surface area (Å²) in [6.07, 6.45) is 2.03. The Balaban J connectivity index is 2.37. The molecule has 1 aliphatic heterocycles. The van der Waals surface area contributed by atoms with Crippen LogP contribution in [0.15, 0.2) is 0 Å². The molecule has 0 spiro atoms. The molecule has 0 saturated carbocycles. The molecule has 1 rings (SSSR count). The summed E-state index contributed by atoms with van der Waals surface area (Å²) in [5.41, 5.74) is 5.41. The molecule has 5 heteroatoms. The van der Waals surface area contributed by atoms with E-state index in [1.54, 1.807) is 0 Å². The normalized spacial score (nSPS) is 23.3. The first kappa shape index (κ1) is 13.4. The molecular weight excluding hydrogens is 206 g/mol. The number of nitrogens with zero attached hydrogens (tertiary/aromatic N) is 1. The monoisotopic (exact) mass is 229 g/mol. The van der Waals surface area contributed by atoms with Crippen molar-refractivity contribution in [1.82, 2.24) is 10.2 Å². The molecule has 0 aliphatic carbocycles. The molecule has 1 fully saturated rings. The summed E-state index contributed by atoms with van der Waals surface area (Å²) in [4.78, 5) is 13.4. The van der Waals surface area contributed by atoms with E-state index in [1.807, 2.05) is 14.1 Å². The standard InChI is InChI=1S/C11H23N3O2/c1-14(2)6-5-13-10(11(12)15)9-4-3-7-16-8-9/h9-10,13H,3-8H2,1-2H3,(H2,12,15). The predicted octanol–water partition coefficient (Wildman–Crippen LogP) is -0.582. The summed E-state index contributed by atoms with van der Waals surface area (Å²) in [5, 5.41) is 3.22. The number of nitrogens with one attached hydrogen (secondary N) is 1. The number of carbonyl (C=O) groups is 1. The third kappa shape index (κ3) is 4.47. The van der Waals surface area contributed by atoms with E-state index in [1.165, 1.54) is 0 Å². The van der Waals surface area contributed by atoms with Gasteiger partial charge in [0.15, 0.2) is 0 Å². The number of rotatable bonds is 6. The fraction of sp³-hybridized carbons (Fsp3) is 0.909. The van der Waals surface area contributed by atoms with E-state index in [2.05, 4.69) is 10.2 Å². The van der Waals surface area contributed by atoms with E-state index in [9.17, 15) is 4.79 Å². The smallest absolute Gasteiger partial charge is 0.234 e. The summed E-state index contributed by atoms with van der Waals surface area (Å²) in [5.74, 6) is -0.0392. The number of carbonyl (C=O) groups excluding carboxylic acids is 1. The lowest BCUT2D eigenvalue weighted by Crippen LogP contribution is -2.50. The number of nitrogens with two attached hydrogens (primary N) is 1. The molecule has 2 unspecified atom stereocenters. The fourth-order valence-corrected chi connectivity index (χ4v) is 1.97. The molecule has 0 aromatic rings. The summed E-state index contributed by atoms with van der Waals surface area (Å²) in [6, 6.07) is -0.250. The summed E-state index contributed by atoms with van der Waals surface area (Å²) in [7, 11) is 4.01. The molecule has 94 valence electrons. The number of ether oxygens (including phenoxy) is 1. The first-order valence-corrected chi connectivity index (χ1v) is 5.86. The minimum atomic E-state index is -0.269. The van der Waals surface area contributed by atoms with Crippen molar-refractivity contribution < 1.29 is 9.53 Å². The van der Waals surface area contributed by atoms with Gasteiger partial charge in [-0.05, 0) is 26.9 Å². The van der Waals surface area contributed by atoms with Crippen LogP contribution in [-0.2, 0) is 9.53 Å². The van der Waals surface area contributed by atoms with E-state index in [-0.39, 0.29) is 17.9 Å². The van der Waals surface area contributed by atoms with E-state index in [0.29, 0.717) is 6.61 Å². The zero-order valence-electron chi connectivity index (χ0n) is 10.2. The topological polar surface area (TPSA) is 67.6 Å². The Labute approximate surface area is 97.3 Å². The zero-order chi connectivity index (χ0) is 12.0. The molecule has 1 heterocycles. The van der Waals surface area contributed by atoms with Crippen LogP contribution in [0.1, 0.15) is 12.8 Å². The van der Waals surface area contributed by atoms with Crippen LogP contribution in [0.3, 0.4) is 0 Å². The van der Waals surface area contributed by atoms with Crippen molar-refractivity contribution in [3.05, 3.63) is 0 Å². The molecule has 1 saturated heterocycles. The van der Waals surface area contributed by atoms with Crippen molar-refractivity contribution in [2.24, 2.45) is 11.7 Å².